The van der Waals surface area contributed by atoms with Gasteiger partial charge in [0.1, 0.15) is 0 Å². The number of hydrogen-bond acceptors (Lipinski definition) is 4. The van der Waals surface area contributed by atoms with Gasteiger partial charge in [0, 0.05) is 38.6 Å². The van der Waals surface area contributed by atoms with Crippen LogP contribution in [0.15, 0.2) is 12.1 Å². The Morgan fingerprint density at radius 3 is 2.67 bits per heavy atom. The second-order valence-corrected chi connectivity index (χ2v) is 6.44. The fourth-order valence-corrected chi connectivity index (χ4v) is 3.17. The molecule has 0 spiro atoms. The Hall–Kier alpha value is -1.35. The highest BCUT2D eigenvalue weighted by Crippen LogP contribution is 2.19. The molecule has 2 heterocycles. The molecule has 1 aliphatic rings. The van der Waals surface area contributed by atoms with Crippen molar-refractivity contribution in [3.8, 4) is 11.8 Å². The first-order chi connectivity index (χ1) is 10.1. The Bertz CT molecular complexity index is 534. The monoisotopic (exact) mass is 306 g/mol. The molecule has 4 nitrogen and oxygen atoms in total. The maximum Gasteiger partial charge on any atom is 0.264 e. The van der Waals surface area contributed by atoms with Gasteiger partial charge in [-0.1, -0.05) is 11.8 Å². The van der Waals surface area contributed by atoms with Gasteiger partial charge >= 0.3 is 0 Å². The molecular weight excluding hydrogens is 284 g/mol. The molecule has 0 unspecified atom stereocenters. The second-order valence-electron chi connectivity index (χ2n) is 5.36. The van der Waals surface area contributed by atoms with Gasteiger partial charge in [-0.3, -0.25) is 9.69 Å². The lowest BCUT2D eigenvalue weighted by Crippen LogP contribution is -2.50. The summed E-state index contributed by atoms with van der Waals surface area (Å²) in [6, 6.07) is 4.27. The average Bonchev–Trinajstić information content (AvgIpc) is 2.96. The third kappa shape index (κ3) is 4.31. The van der Waals surface area contributed by atoms with Crippen molar-refractivity contribution < 1.29 is 9.90 Å². The Balaban J connectivity index is 1.94. The number of amides is 1. The van der Waals surface area contributed by atoms with E-state index in [9.17, 15) is 4.79 Å². The van der Waals surface area contributed by atoms with Gasteiger partial charge in [-0.25, -0.2) is 0 Å². The highest BCUT2D eigenvalue weighted by Gasteiger charge is 2.24. The van der Waals surface area contributed by atoms with Gasteiger partial charge in [0.25, 0.3) is 5.91 Å². The molecule has 0 bridgehead atoms. The van der Waals surface area contributed by atoms with Crippen LogP contribution in [0.3, 0.4) is 0 Å². The lowest BCUT2D eigenvalue weighted by atomic mass is 10.2. The summed E-state index contributed by atoms with van der Waals surface area (Å²) in [7, 11) is 0. The molecule has 21 heavy (non-hydrogen) atoms. The smallest absolute Gasteiger partial charge is 0.264 e. The van der Waals surface area contributed by atoms with E-state index in [1.165, 1.54) is 11.3 Å². The minimum absolute atomic E-state index is 0.0737. The van der Waals surface area contributed by atoms with Crippen LogP contribution < -0.4 is 0 Å². The predicted molar refractivity (Wildman–Crippen MR) is 85.5 cm³/mol. The van der Waals surface area contributed by atoms with Crippen LogP contribution in [0.5, 0.6) is 0 Å². The molecule has 1 fully saturated rings. The summed E-state index contributed by atoms with van der Waals surface area (Å²) in [5, 5.41) is 8.70. The van der Waals surface area contributed by atoms with Gasteiger partial charge in [-0.15, -0.1) is 11.3 Å². The Labute approximate surface area is 130 Å². The first-order valence-electron chi connectivity index (χ1n) is 7.34. The van der Waals surface area contributed by atoms with Crippen LogP contribution in [0, 0.1) is 11.8 Å². The predicted octanol–water partition coefficient (Wildman–Crippen LogP) is 1.65. The molecule has 0 saturated carbocycles. The van der Waals surface area contributed by atoms with E-state index in [-0.39, 0.29) is 12.5 Å². The first kappa shape index (κ1) is 16.0. The number of piperazine rings is 1. The quantitative estimate of drug-likeness (QED) is 0.864. The van der Waals surface area contributed by atoms with Crippen molar-refractivity contribution in [2.45, 2.75) is 26.3 Å². The van der Waals surface area contributed by atoms with Gasteiger partial charge in [0.05, 0.1) is 16.4 Å². The van der Waals surface area contributed by atoms with Crippen LogP contribution in [0.4, 0.5) is 0 Å². The summed E-state index contributed by atoms with van der Waals surface area (Å²) < 4.78 is 0. The molecular formula is C16H22N2O2S. The normalized spacial score (nSPS) is 15.9. The van der Waals surface area contributed by atoms with Gasteiger partial charge in [0.2, 0.25) is 0 Å². The number of hydrogen-bond donors (Lipinski definition) is 1. The minimum Gasteiger partial charge on any atom is -0.395 e. The third-order valence-electron chi connectivity index (χ3n) is 3.60. The summed E-state index contributed by atoms with van der Waals surface area (Å²) in [6.07, 6.45) is 0.471. The second kappa shape index (κ2) is 7.60. The van der Waals surface area contributed by atoms with Crippen LogP contribution in [0.1, 0.15) is 34.8 Å². The maximum atomic E-state index is 12.4. The van der Waals surface area contributed by atoms with Crippen LogP contribution in [0.25, 0.3) is 0 Å². The number of thiophene rings is 1. The van der Waals surface area contributed by atoms with Crippen LogP contribution in [-0.2, 0) is 0 Å². The van der Waals surface area contributed by atoms with E-state index in [4.69, 9.17) is 5.11 Å². The van der Waals surface area contributed by atoms with Crippen LogP contribution in [-0.4, -0.2) is 59.6 Å². The molecule has 0 radical (unpaired) electrons. The zero-order chi connectivity index (χ0) is 15.2. The molecule has 0 aliphatic carbocycles. The van der Waals surface area contributed by atoms with Crippen molar-refractivity contribution in [2.75, 3.05) is 32.8 Å². The molecule has 0 aromatic carbocycles. The van der Waals surface area contributed by atoms with E-state index in [0.717, 1.165) is 35.9 Å². The minimum atomic E-state index is 0.0737. The van der Waals surface area contributed by atoms with Crippen LogP contribution in [0.2, 0.25) is 0 Å². The van der Waals surface area contributed by atoms with Gasteiger partial charge < -0.3 is 10.0 Å². The van der Waals surface area contributed by atoms with Crippen molar-refractivity contribution in [3.05, 3.63) is 21.9 Å². The standard InChI is InChI=1S/C16H22N2O2S/c1-13(2)17-8-10-18(11-9-17)16(20)15-7-6-14(21-15)5-3-4-12-19/h6-7,13,19H,4,8-12H2,1-2H3. The van der Waals surface area contributed by atoms with Crippen molar-refractivity contribution in [2.24, 2.45) is 0 Å². The molecule has 2 rings (SSSR count). The molecule has 1 saturated heterocycles. The topological polar surface area (TPSA) is 43.8 Å². The van der Waals surface area contributed by atoms with Gasteiger partial charge in [-0.2, -0.15) is 0 Å². The molecule has 0 atom stereocenters. The molecule has 1 aromatic rings. The van der Waals surface area contributed by atoms with Crippen molar-refractivity contribution >= 4 is 17.2 Å². The molecule has 1 N–H and O–H groups in total. The Kier molecular flexibility index (Phi) is 5.80. The van der Waals surface area contributed by atoms with Crippen molar-refractivity contribution in [3.63, 3.8) is 0 Å². The summed E-state index contributed by atoms with van der Waals surface area (Å²) >= 11 is 1.43. The number of aliphatic hydroxyl groups is 1. The number of carbonyl (C=O) groups is 1. The van der Waals surface area contributed by atoms with E-state index in [0.29, 0.717) is 12.5 Å². The molecule has 1 amide bonds. The Morgan fingerprint density at radius 2 is 2.05 bits per heavy atom. The zero-order valence-corrected chi connectivity index (χ0v) is 13.4. The van der Waals surface area contributed by atoms with Crippen molar-refractivity contribution in [1.29, 1.82) is 0 Å². The molecule has 5 heteroatoms. The average molecular weight is 306 g/mol. The fourth-order valence-electron chi connectivity index (χ4n) is 2.32. The number of nitrogens with zero attached hydrogens (tertiary/aromatic N) is 2. The SMILES string of the molecule is CC(C)N1CCN(C(=O)c2ccc(C#CCCO)s2)CC1. The molecule has 1 aliphatic heterocycles. The summed E-state index contributed by atoms with van der Waals surface area (Å²) in [5.74, 6) is 5.97. The third-order valence-corrected chi connectivity index (χ3v) is 4.59. The van der Waals surface area contributed by atoms with E-state index >= 15 is 0 Å². The highest BCUT2D eigenvalue weighted by molar-refractivity contribution is 7.14. The highest BCUT2D eigenvalue weighted by atomic mass is 32.1. The molecule has 1 aromatic heterocycles. The van der Waals surface area contributed by atoms with Crippen LogP contribution >= 0.6 is 11.3 Å². The summed E-state index contributed by atoms with van der Waals surface area (Å²) in [4.78, 5) is 18.4. The molecule has 114 valence electrons. The number of carbonyl (C=O) groups excluding carboxylic acids is 1. The van der Waals surface area contributed by atoms with E-state index in [1.807, 2.05) is 17.0 Å². The zero-order valence-electron chi connectivity index (χ0n) is 12.6. The largest absolute Gasteiger partial charge is 0.395 e. The lowest BCUT2D eigenvalue weighted by Gasteiger charge is -2.36. The number of aliphatic hydroxyl groups excluding tert-OH is 1. The summed E-state index contributed by atoms with van der Waals surface area (Å²) in [6.45, 7) is 7.92. The van der Waals surface area contributed by atoms with E-state index in [1.54, 1.807) is 0 Å². The lowest BCUT2D eigenvalue weighted by molar-refractivity contribution is 0.0600. The fraction of sp³-hybridized carbons (Fsp3) is 0.562. The summed E-state index contributed by atoms with van der Waals surface area (Å²) in [5.41, 5.74) is 0. The Morgan fingerprint density at radius 1 is 1.33 bits per heavy atom. The first-order valence-corrected chi connectivity index (χ1v) is 8.16. The maximum absolute atomic E-state index is 12.4. The van der Waals surface area contributed by atoms with E-state index in [2.05, 4.69) is 30.6 Å². The number of rotatable bonds is 3. The van der Waals surface area contributed by atoms with Gasteiger partial charge in [-0.05, 0) is 26.0 Å². The van der Waals surface area contributed by atoms with Gasteiger partial charge in [0.15, 0.2) is 0 Å². The van der Waals surface area contributed by atoms with Crippen molar-refractivity contribution in [1.82, 2.24) is 9.80 Å². The van der Waals surface area contributed by atoms with E-state index < -0.39 is 0 Å².